The number of carbonyl (C=O) groups is 4. The van der Waals surface area contributed by atoms with Crippen molar-refractivity contribution in [3.05, 3.63) is 77.9 Å². The molecule has 3 aromatic carbocycles. The molecule has 2 N–H and O–H groups in total. The van der Waals surface area contributed by atoms with E-state index in [0.717, 1.165) is 31.9 Å². The molecule has 0 unspecified atom stereocenters. The lowest BCUT2D eigenvalue weighted by molar-refractivity contribution is -0.132. The number of piperazine rings is 1. The number of halogens is 1. The number of hydrogen-bond acceptors (Lipinski definition) is 8. The lowest BCUT2D eigenvalue weighted by Crippen LogP contribution is -2.44. The topological polar surface area (TPSA) is 117 Å². The zero-order valence-electron chi connectivity index (χ0n) is 22.4. The third kappa shape index (κ3) is 7.58. The SMILES string of the molecule is CC(=O)Oc1ccccc1C(=O)Nc1ccc(N2CCN(C)CC2)c(NC(=O)c2ccccc2OC(C)=O)c1.Cl. The monoisotopic (exact) mass is 566 g/mol. The third-order valence-corrected chi connectivity index (χ3v) is 6.12. The number of esters is 2. The van der Waals surface area contributed by atoms with Gasteiger partial charge in [-0.3, -0.25) is 19.2 Å². The summed E-state index contributed by atoms with van der Waals surface area (Å²) in [6, 6.07) is 18.2. The zero-order valence-corrected chi connectivity index (χ0v) is 23.2. The maximum Gasteiger partial charge on any atom is 0.308 e. The van der Waals surface area contributed by atoms with Gasteiger partial charge in [0.05, 0.1) is 22.5 Å². The molecule has 0 spiro atoms. The molecule has 210 valence electrons. The molecule has 4 rings (SSSR count). The summed E-state index contributed by atoms with van der Waals surface area (Å²) < 4.78 is 10.4. The number of benzene rings is 3. The molecule has 0 radical (unpaired) electrons. The summed E-state index contributed by atoms with van der Waals surface area (Å²) in [6.07, 6.45) is 0. The average Bonchev–Trinajstić information content (AvgIpc) is 2.89. The van der Waals surface area contributed by atoms with Crippen molar-refractivity contribution in [2.24, 2.45) is 0 Å². The Balaban J connectivity index is 0.00000441. The highest BCUT2D eigenvalue weighted by atomic mass is 35.5. The Bertz CT molecular complexity index is 1400. The van der Waals surface area contributed by atoms with Gasteiger partial charge in [-0.05, 0) is 49.5 Å². The number of likely N-dealkylation sites (N-methyl/N-ethyl adjacent to an activating group) is 1. The minimum absolute atomic E-state index is 0. The Morgan fingerprint density at radius 3 is 1.73 bits per heavy atom. The zero-order chi connectivity index (χ0) is 27.9. The van der Waals surface area contributed by atoms with Gasteiger partial charge >= 0.3 is 11.9 Å². The van der Waals surface area contributed by atoms with Crippen molar-refractivity contribution >= 4 is 53.2 Å². The Morgan fingerprint density at radius 2 is 1.20 bits per heavy atom. The van der Waals surface area contributed by atoms with Crippen molar-refractivity contribution in [2.75, 3.05) is 48.8 Å². The van der Waals surface area contributed by atoms with E-state index in [2.05, 4.69) is 27.5 Å². The number of nitrogens with one attached hydrogen (secondary N) is 2. The molecule has 0 bridgehead atoms. The van der Waals surface area contributed by atoms with Gasteiger partial charge in [-0.2, -0.15) is 0 Å². The quantitative estimate of drug-likeness (QED) is 0.322. The first-order valence-corrected chi connectivity index (χ1v) is 12.5. The van der Waals surface area contributed by atoms with Gasteiger partial charge in [0.15, 0.2) is 0 Å². The molecular formula is C29H31ClN4O6. The maximum atomic E-state index is 13.3. The van der Waals surface area contributed by atoms with Crippen molar-refractivity contribution in [1.82, 2.24) is 4.90 Å². The van der Waals surface area contributed by atoms with Crippen molar-refractivity contribution in [1.29, 1.82) is 0 Å². The molecule has 3 aromatic rings. The highest BCUT2D eigenvalue weighted by Gasteiger charge is 2.21. The highest BCUT2D eigenvalue weighted by Crippen LogP contribution is 2.32. The molecule has 1 heterocycles. The van der Waals surface area contributed by atoms with Crippen LogP contribution in [0.3, 0.4) is 0 Å². The van der Waals surface area contributed by atoms with Crippen LogP contribution in [0.5, 0.6) is 11.5 Å². The Morgan fingerprint density at radius 1 is 0.700 bits per heavy atom. The van der Waals surface area contributed by atoms with Crippen molar-refractivity contribution in [2.45, 2.75) is 13.8 Å². The summed E-state index contributed by atoms with van der Waals surface area (Å²) >= 11 is 0. The number of carbonyl (C=O) groups excluding carboxylic acids is 4. The third-order valence-electron chi connectivity index (χ3n) is 6.12. The summed E-state index contributed by atoms with van der Waals surface area (Å²) in [7, 11) is 2.05. The first-order valence-electron chi connectivity index (χ1n) is 12.5. The summed E-state index contributed by atoms with van der Waals surface area (Å²) in [5.41, 5.74) is 2.09. The Kier molecular flexibility index (Phi) is 10.2. The number of anilines is 3. The fourth-order valence-electron chi connectivity index (χ4n) is 4.22. The predicted molar refractivity (Wildman–Crippen MR) is 155 cm³/mol. The molecule has 40 heavy (non-hydrogen) atoms. The van der Waals surface area contributed by atoms with Crippen LogP contribution in [0.1, 0.15) is 34.6 Å². The van der Waals surface area contributed by atoms with Gasteiger partial charge < -0.3 is 29.9 Å². The van der Waals surface area contributed by atoms with E-state index in [-0.39, 0.29) is 35.0 Å². The number of rotatable bonds is 7. The summed E-state index contributed by atoms with van der Waals surface area (Å²) in [4.78, 5) is 53.8. The lowest BCUT2D eigenvalue weighted by atomic mass is 10.1. The van der Waals surface area contributed by atoms with Gasteiger partial charge in [-0.15, -0.1) is 12.4 Å². The summed E-state index contributed by atoms with van der Waals surface area (Å²) in [5.74, 6) is -1.72. The van der Waals surface area contributed by atoms with Crippen LogP contribution in [0.4, 0.5) is 17.1 Å². The first-order chi connectivity index (χ1) is 18.7. The molecule has 0 aliphatic carbocycles. The van der Waals surface area contributed by atoms with E-state index in [1.165, 1.54) is 13.8 Å². The normalized spacial score (nSPS) is 13.0. The lowest BCUT2D eigenvalue weighted by Gasteiger charge is -2.35. The van der Waals surface area contributed by atoms with Crippen LogP contribution in [0, 0.1) is 0 Å². The minimum Gasteiger partial charge on any atom is -0.426 e. The van der Waals surface area contributed by atoms with E-state index < -0.39 is 23.8 Å². The Labute approximate surface area is 238 Å². The summed E-state index contributed by atoms with van der Waals surface area (Å²) in [5, 5.41) is 5.76. The van der Waals surface area contributed by atoms with Crippen molar-refractivity contribution < 1.29 is 28.7 Å². The second kappa shape index (κ2) is 13.6. The molecule has 0 saturated carbocycles. The average molecular weight is 567 g/mol. The second-order valence-electron chi connectivity index (χ2n) is 9.11. The van der Waals surface area contributed by atoms with Gasteiger partial charge in [0.1, 0.15) is 11.5 Å². The number of para-hydroxylation sites is 2. The van der Waals surface area contributed by atoms with E-state index >= 15 is 0 Å². The summed E-state index contributed by atoms with van der Waals surface area (Å²) in [6.45, 7) is 5.75. The standard InChI is InChI=1S/C29H30N4O6.ClH/c1-19(34)38-26-10-6-4-8-22(26)28(36)30-21-12-13-25(33-16-14-32(3)15-17-33)24(18-21)31-29(37)23-9-5-7-11-27(23)39-20(2)35;/h4-13,18H,14-17H2,1-3H3,(H,30,36)(H,31,37);1H. The smallest absolute Gasteiger partial charge is 0.308 e. The molecule has 11 heteroatoms. The molecule has 2 amide bonds. The Hall–Kier alpha value is -4.41. The molecule has 1 fully saturated rings. The molecule has 0 aromatic heterocycles. The van der Waals surface area contributed by atoms with Gasteiger partial charge in [0.25, 0.3) is 11.8 Å². The molecule has 1 saturated heterocycles. The molecule has 10 nitrogen and oxygen atoms in total. The van der Waals surface area contributed by atoms with Crippen LogP contribution in [0.2, 0.25) is 0 Å². The van der Waals surface area contributed by atoms with E-state index in [1.807, 2.05) is 6.07 Å². The van der Waals surface area contributed by atoms with Gasteiger partial charge in [0.2, 0.25) is 0 Å². The van der Waals surface area contributed by atoms with Gasteiger partial charge in [0, 0.05) is 45.7 Å². The number of ether oxygens (including phenoxy) is 2. The predicted octanol–water partition coefficient (Wildman–Crippen LogP) is 4.22. The molecular weight excluding hydrogens is 536 g/mol. The minimum atomic E-state index is -0.536. The number of nitrogens with zero attached hydrogens (tertiary/aromatic N) is 2. The number of amides is 2. The van der Waals surface area contributed by atoms with Gasteiger partial charge in [-0.1, -0.05) is 24.3 Å². The number of hydrogen-bond donors (Lipinski definition) is 2. The second-order valence-corrected chi connectivity index (χ2v) is 9.11. The molecule has 1 aliphatic rings. The van der Waals surface area contributed by atoms with E-state index in [1.54, 1.807) is 60.7 Å². The first kappa shape index (κ1) is 30.1. The van der Waals surface area contributed by atoms with Crippen LogP contribution in [0.15, 0.2) is 66.7 Å². The van der Waals surface area contributed by atoms with Crippen LogP contribution >= 0.6 is 12.4 Å². The van der Waals surface area contributed by atoms with Crippen LogP contribution < -0.4 is 25.0 Å². The fourth-order valence-corrected chi connectivity index (χ4v) is 4.22. The van der Waals surface area contributed by atoms with Crippen LogP contribution in [0.25, 0.3) is 0 Å². The van der Waals surface area contributed by atoms with Gasteiger partial charge in [-0.25, -0.2) is 0 Å². The van der Waals surface area contributed by atoms with E-state index in [4.69, 9.17) is 9.47 Å². The maximum absolute atomic E-state index is 13.3. The fraction of sp³-hybridized carbons (Fsp3) is 0.241. The molecule has 1 aliphatic heterocycles. The highest BCUT2D eigenvalue weighted by molar-refractivity contribution is 6.10. The van der Waals surface area contributed by atoms with Crippen molar-refractivity contribution in [3.8, 4) is 11.5 Å². The van der Waals surface area contributed by atoms with E-state index in [0.29, 0.717) is 11.4 Å². The molecule has 0 atom stereocenters. The van der Waals surface area contributed by atoms with Crippen LogP contribution in [-0.2, 0) is 9.59 Å². The van der Waals surface area contributed by atoms with Crippen molar-refractivity contribution in [3.63, 3.8) is 0 Å². The van der Waals surface area contributed by atoms with E-state index in [9.17, 15) is 19.2 Å². The van der Waals surface area contributed by atoms with Crippen LogP contribution in [-0.4, -0.2) is 61.9 Å². The largest absolute Gasteiger partial charge is 0.426 e.